The molecule has 1 fully saturated rings. The molecule has 3 amide bonds. The Morgan fingerprint density at radius 2 is 1.73 bits per heavy atom. The average molecular weight is 423 g/mol. The normalized spacial score (nSPS) is 13.4. The van der Waals surface area contributed by atoms with E-state index >= 15 is 0 Å². The molecule has 0 atom stereocenters. The molecule has 0 bridgehead atoms. The van der Waals surface area contributed by atoms with Gasteiger partial charge in [-0.3, -0.25) is 25.2 Å². The van der Waals surface area contributed by atoms with Gasteiger partial charge in [0, 0.05) is 29.1 Å². The fourth-order valence-corrected chi connectivity index (χ4v) is 4.12. The molecule has 0 radical (unpaired) electrons. The van der Waals surface area contributed by atoms with Crippen LogP contribution in [0.15, 0.2) is 60.7 Å². The number of hydrazine groups is 1. The Balaban J connectivity index is 1.39. The molecule has 0 saturated carbocycles. The number of nitrogens with zero attached hydrogens (tertiary/aromatic N) is 1. The predicted octanol–water partition coefficient (Wildman–Crippen LogP) is 3.76. The molecule has 4 rings (SSSR count). The Kier molecular flexibility index (Phi) is 5.58. The van der Waals surface area contributed by atoms with Crippen molar-refractivity contribution in [3.05, 3.63) is 76.9 Å². The molecule has 2 N–H and O–H groups in total. The molecule has 0 spiro atoms. The average Bonchev–Trinajstić information content (AvgIpc) is 3.42. The minimum atomic E-state index is -0.479. The standard InChI is InChI=1S/C22H18FN3O3S/c23-16-8-6-14(7-9-16)18-10-11-19(30-18)22(29)25-24-21(28)15-3-1-4-17(13-15)26-12-2-5-20(26)27/h1,3-4,6-11,13H,2,5,12H2,(H,24,28)(H,25,29). The van der Waals surface area contributed by atoms with Crippen LogP contribution in [0.25, 0.3) is 10.4 Å². The summed E-state index contributed by atoms with van der Waals surface area (Å²) in [6, 6.07) is 16.1. The molecule has 1 aliphatic rings. The van der Waals surface area contributed by atoms with Gasteiger partial charge in [-0.25, -0.2) is 4.39 Å². The molecule has 0 aliphatic carbocycles. The third-order valence-corrected chi connectivity index (χ3v) is 5.87. The number of thiophene rings is 1. The van der Waals surface area contributed by atoms with Crippen LogP contribution in [0.5, 0.6) is 0 Å². The summed E-state index contributed by atoms with van der Waals surface area (Å²) >= 11 is 1.24. The highest BCUT2D eigenvalue weighted by molar-refractivity contribution is 7.17. The number of hydrogen-bond donors (Lipinski definition) is 2. The predicted molar refractivity (Wildman–Crippen MR) is 113 cm³/mol. The monoisotopic (exact) mass is 423 g/mol. The van der Waals surface area contributed by atoms with Crippen molar-refractivity contribution in [1.82, 2.24) is 10.9 Å². The maximum absolute atomic E-state index is 13.1. The van der Waals surface area contributed by atoms with E-state index in [4.69, 9.17) is 0 Å². The Morgan fingerprint density at radius 3 is 2.47 bits per heavy atom. The Labute approximate surface area is 176 Å². The van der Waals surface area contributed by atoms with Gasteiger partial charge in [0.2, 0.25) is 5.91 Å². The molecule has 1 aromatic heterocycles. The van der Waals surface area contributed by atoms with Gasteiger partial charge in [-0.05, 0) is 54.4 Å². The van der Waals surface area contributed by atoms with Crippen molar-refractivity contribution in [3.8, 4) is 10.4 Å². The van der Waals surface area contributed by atoms with Crippen molar-refractivity contribution in [2.24, 2.45) is 0 Å². The molecule has 6 nitrogen and oxygen atoms in total. The second-order valence-electron chi connectivity index (χ2n) is 6.78. The van der Waals surface area contributed by atoms with Crippen LogP contribution in [-0.4, -0.2) is 24.3 Å². The summed E-state index contributed by atoms with van der Waals surface area (Å²) in [5.41, 5.74) is 6.61. The highest BCUT2D eigenvalue weighted by Gasteiger charge is 2.22. The topological polar surface area (TPSA) is 78.5 Å². The summed E-state index contributed by atoms with van der Waals surface area (Å²) in [6.45, 7) is 0.634. The van der Waals surface area contributed by atoms with Gasteiger partial charge in [-0.15, -0.1) is 11.3 Å². The first-order valence-corrected chi connectivity index (χ1v) is 10.2. The lowest BCUT2D eigenvalue weighted by Crippen LogP contribution is -2.41. The first-order chi connectivity index (χ1) is 14.5. The third-order valence-electron chi connectivity index (χ3n) is 4.74. The zero-order chi connectivity index (χ0) is 21.1. The van der Waals surface area contributed by atoms with E-state index in [1.807, 2.05) is 0 Å². The molecular weight excluding hydrogens is 405 g/mol. The van der Waals surface area contributed by atoms with Crippen molar-refractivity contribution in [2.75, 3.05) is 11.4 Å². The molecule has 2 aromatic carbocycles. The van der Waals surface area contributed by atoms with Crippen LogP contribution >= 0.6 is 11.3 Å². The minimum absolute atomic E-state index is 0.0375. The summed E-state index contributed by atoms with van der Waals surface area (Å²) < 4.78 is 13.1. The molecule has 0 unspecified atom stereocenters. The van der Waals surface area contributed by atoms with Crippen LogP contribution in [0, 0.1) is 5.82 Å². The van der Waals surface area contributed by atoms with E-state index in [0.29, 0.717) is 29.1 Å². The van der Waals surface area contributed by atoms with Crippen molar-refractivity contribution < 1.29 is 18.8 Å². The van der Waals surface area contributed by atoms with E-state index in [1.165, 1.54) is 23.5 Å². The van der Waals surface area contributed by atoms with E-state index in [9.17, 15) is 18.8 Å². The number of nitrogens with one attached hydrogen (secondary N) is 2. The van der Waals surface area contributed by atoms with Gasteiger partial charge in [0.15, 0.2) is 0 Å². The zero-order valence-corrected chi connectivity index (χ0v) is 16.7. The van der Waals surface area contributed by atoms with Crippen molar-refractivity contribution in [2.45, 2.75) is 12.8 Å². The minimum Gasteiger partial charge on any atom is -0.312 e. The lowest BCUT2D eigenvalue weighted by Gasteiger charge is -2.16. The Bertz CT molecular complexity index is 1110. The number of halogens is 1. The van der Waals surface area contributed by atoms with Crippen LogP contribution in [0.3, 0.4) is 0 Å². The van der Waals surface area contributed by atoms with Crippen molar-refractivity contribution in [1.29, 1.82) is 0 Å². The quantitative estimate of drug-likeness (QED) is 0.628. The SMILES string of the molecule is O=C(NNC(=O)c1ccc(-c2ccc(F)cc2)s1)c1cccc(N2CCCC2=O)c1. The molecule has 1 saturated heterocycles. The number of amides is 3. The zero-order valence-electron chi connectivity index (χ0n) is 15.9. The first-order valence-electron chi connectivity index (χ1n) is 9.38. The number of benzene rings is 2. The lowest BCUT2D eigenvalue weighted by atomic mass is 10.2. The van der Waals surface area contributed by atoms with Crippen LogP contribution in [0.4, 0.5) is 10.1 Å². The van der Waals surface area contributed by atoms with Crippen molar-refractivity contribution in [3.63, 3.8) is 0 Å². The van der Waals surface area contributed by atoms with Gasteiger partial charge >= 0.3 is 0 Å². The fourth-order valence-electron chi connectivity index (χ4n) is 3.21. The summed E-state index contributed by atoms with van der Waals surface area (Å²) in [6.07, 6.45) is 1.30. The maximum atomic E-state index is 13.1. The number of carbonyl (C=O) groups is 3. The highest BCUT2D eigenvalue weighted by atomic mass is 32.1. The summed E-state index contributed by atoms with van der Waals surface area (Å²) in [7, 11) is 0. The van der Waals surface area contributed by atoms with Crippen LogP contribution in [-0.2, 0) is 4.79 Å². The van der Waals surface area contributed by atoms with Gasteiger partial charge in [-0.2, -0.15) is 0 Å². The molecule has 8 heteroatoms. The number of carbonyl (C=O) groups excluding carboxylic acids is 3. The van der Waals surface area contributed by atoms with Gasteiger partial charge in [0.25, 0.3) is 11.8 Å². The van der Waals surface area contributed by atoms with E-state index in [1.54, 1.807) is 53.4 Å². The lowest BCUT2D eigenvalue weighted by molar-refractivity contribution is -0.117. The van der Waals surface area contributed by atoms with Gasteiger partial charge in [-0.1, -0.05) is 18.2 Å². The first kappa shape index (κ1) is 19.8. The molecule has 1 aliphatic heterocycles. The van der Waals surface area contributed by atoms with Gasteiger partial charge < -0.3 is 4.90 Å². The summed E-state index contributed by atoms with van der Waals surface area (Å²) in [5.74, 6) is -1.22. The van der Waals surface area contributed by atoms with E-state index in [2.05, 4.69) is 10.9 Å². The smallest absolute Gasteiger partial charge is 0.279 e. The van der Waals surface area contributed by atoms with Crippen LogP contribution < -0.4 is 15.8 Å². The molecule has 2 heterocycles. The Morgan fingerprint density at radius 1 is 0.967 bits per heavy atom. The van der Waals surface area contributed by atoms with E-state index in [-0.39, 0.29) is 11.7 Å². The molecule has 30 heavy (non-hydrogen) atoms. The maximum Gasteiger partial charge on any atom is 0.279 e. The van der Waals surface area contributed by atoms with E-state index in [0.717, 1.165) is 16.9 Å². The van der Waals surface area contributed by atoms with Gasteiger partial charge in [0.1, 0.15) is 5.82 Å². The van der Waals surface area contributed by atoms with Gasteiger partial charge in [0.05, 0.1) is 4.88 Å². The Hall–Kier alpha value is -3.52. The second-order valence-corrected chi connectivity index (χ2v) is 7.86. The molecule has 3 aromatic rings. The largest absolute Gasteiger partial charge is 0.312 e. The highest BCUT2D eigenvalue weighted by Crippen LogP contribution is 2.28. The summed E-state index contributed by atoms with van der Waals surface area (Å²) in [5, 5.41) is 0. The summed E-state index contributed by atoms with van der Waals surface area (Å²) in [4.78, 5) is 39.6. The molecule has 152 valence electrons. The van der Waals surface area contributed by atoms with Crippen LogP contribution in [0.2, 0.25) is 0 Å². The van der Waals surface area contributed by atoms with Crippen molar-refractivity contribution >= 4 is 34.7 Å². The van der Waals surface area contributed by atoms with E-state index < -0.39 is 11.8 Å². The second kappa shape index (κ2) is 8.46. The third kappa shape index (κ3) is 4.23. The fraction of sp³-hybridized carbons (Fsp3) is 0.136. The molecular formula is C22H18FN3O3S. The number of rotatable bonds is 4. The van der Waals surface area contributed by atoms with Crippen LogP contribution in [0.1, 0.15) is 32.9 Å². The number of anilines is 1. The number of hydrogen-bond acceptors (Lipinski definition) is 4.